The van der Waals surface area contributed by atoms with E-state index in [2.05, 4.69) is 15.4 Å². The van der Waals surface area contributed by atoms with Crippen LogP contribution in [0.1, 0.15) is 10.4 Å². The molecule has 0 fully saturated rings. The Labute approximate surface area is 211 Å². The van der Waals surface area contributed by atoms with Crippen LogP contribution < -0.4 is 20.9 Å². The summed E-state index contributed by atoms with van der Waals surface area (Å²) in [5.74, 6) is -0.617. The highest BCUT2D eigenvalue weighted by molar-refractivity contribution is 7.99. The number of nitrogens with one attached hydrogen (secondary N) is 3. The molecule has 0 saturated heterocycles. The van der Waals surface area contributed by atoms with Gasteiger partial charge >= 0.3 is 6.03 Å². The van der Waals surface area contributed by atoms with Gasteiger partial charge in [0.15, 0.2) is 0 Å². The van der Waals surface area contributed by atoms with E-state index in [1.807, 2.05) is 57.2 Å². The quantitative estimate of drug-likeness (QED) is 0.288. The van der Waals surface area contributed by atoms with E-state index in [9.17, 15) is 9.59 Å². The summed E-state index contributed by atoms with van der Waals surface area (Å²) in [5.41, 5.74) is 1.87. The number of urea groups is 1. The molecule has 0 bridgehead atoms. The smallest absolute Gasteiger partial charge is 0.329 e. The van der Waals surface area contributed by atoms with Crippen LogP contribution in [0.5, 0.6) is 0 Å². The average Bonchev–Trinajstić information content (AvgIpc) is 3.24. The zero-order valence-electron chi connectivity index (χ0n) is 19.8. The number of thiophene rings is 1. The number of nitrogens with zero attached hydrogens (tertiary/aromatic N) is 2. The van der Waals surface area contributed by atoms with Gasteiger partial charge in [-0.2, -0.15) is 0 Å². The SMILES string of the molecule is CNc1ccc2c(=O)n(-c3ccc(NC(=O)NSc4ccc(C)s4)cc3F)cc(CN(C)C)c2c1. The molecule has 182 valence electrons. The highest BCUT2D eigenvalue weighted by Gasteiger charge is 2.15. The molecule has 0 spiro atoms. The first-order valence-electron chi connectivity index (χ1n) is 10.9. The summed E-state index contributed by atoms with van der Waals surface area (Å²) < 4.78 is 20.1. The second kappa shape index (κ2) is 10.5. The molecule has 0 atom stereocenters. The van der Waals surface area contributed by atoms with Crippen molar-refractivity contribution in [2.75, 3.05) is 31.8 Å². The number of hydrogen-bond acceptors (Lipinski definition) is 6. The molecule has 0 unspecified atom stereocenters. The van der Waals surface area contributed by atoms with Crippen molar-refractivity contribution in [3.8, 4) is 5.69 Å². The predicted molar refractivity (Wildman–Crippen MR) is 144 cm³/mol. The minimum atomic E-state index is -0.617. The van der Waals surface area contributed by atoms with E-state index in [1.165, 1.54) is 28.6 Å². The monoisotopic (exact) mass is 511 g/mol. The molecular weight excluding hydrogens is 485 g/mol. The van der Waals surface area contributed by atoms with E-state index in [0.29, 0.717) is 11.9 Å². The van der Waals surface area contributed by atoms with Crippen LogP contribution in [0.15, 0.2) is 63.7 Å². The molecule has 7 nitrogen and oxygen atoms in total. The largest absolute Gasteiger partial charge is 0.388 e. The molecule has 35 heavy (non-hydrogen) atoms. The number of halogens is 1. The maximum absolute atomic E-state index is 15.2. The summed E-state index contributed by atoms with van der Waals surface area (Å²) in [5, 5.41) is 7.04. The zero-order valence-corrected chi connectivity index (χ0v) is 21.4. The molecule has 0 aliphatic rings. The van der Waals surface area contributed by atoms with Crippen molar-refractivity contribution >= 4 is 51.5 Å². The predicted octanol–water partition coefficient (Wildman–Crippen LogP) is 5.43. The Hall–Kier alpha value is -3.34. The molecule has 10 heteroatoms. The van der Waals surface area contributed by atoms with Crippen LogP contribution in [0.25, 0.3) is 16.5 Å². The number of amides is 2. The summed E-state index contributed by atoms with van der Waals surface area (Å²) in [4.78, 5) is 28.7. The van der Waals surface area contributed by atoms with Gasteiger partial charge in [-0.3, -0.25) is 14.1 Å². The highest BCUT2D eigenvalue weighted by atomic mass is 32.2. The molecule has 0 aliphatic carbocycles. The van der Waals surface area contributed by atoms with Crippen molar-refractivity contribution in [1.82, 2.24) is 14.2 Å². The minimum absolute atomic E-state index is 0.115. The lowest BCUT2D eigenvalue weighted by Gasteiger charge is -2.17. The van der Waals surface area contributed by atoms with Crippen LogP contribution >= 0.6 is 23.3 Å². The number of rotatable bonds is 7. The fraction of sp³-hybridized carbons (Fsp3) is 0.200. The average molecular weight is 512 g/mol. The topological polar surface area (TPSA) is 78.4 Å². The van der Waals surface area contributed by atoms with Gasteiger partial charge in [-0.15, -0.1) is 11.3 Å². The highest BCUT2D eigenvalue weighted by Crippen LogP contribution is 2.26. The molecule has 4 aromatic rings. The maximum Gasteiger partial charge on any atom is 0.329 e. The molecule has 0 aliphatic heterocycles. The lowest BCUT2D eigenvalue weighted by atomic mass is 10.1. The first-order chi connectivity index (χ1) is 16.7. The first kappa shape index (κ1) is 24.8. The van der Waals surface area contributed by atoms with E-state index in [-0.39, 0.29) is 16.9 Å². The lowest BCUT2D eigenvalue weighted by molar-refractivity contribution is 0.257. The second-order valence-electron chi connectivity index (χ2n) is 8.27. The fourth-order valence-electron chi connectivity index (χ4n) is 3.71. The molecule has 2 aromatic carbocycles. The van der Waals surface area contributed by atoms with Crippen molar-refractivity contribution < 1.29 is 9.18 Å². The molecule has 2 heterocycles. The normalized spacial score (nSPS) is 11.1. The van der Waals surface area contributed by atoms with E-state index in [1.54, 1.807) is 29.7 Å². The summed E-state index contributed by atoms with van der Waals surface area (Å²) in [6.07, 6.45) is 1.68. The molecule has 2 aromatic heterocycles. The summed E-state index contributed by atoms with van der Waals surface area (Å²) in [7, 11) is 5.70. The van der Waals surface area contributed by atoms with Gasteiger partial charge in [-0.25, -0.2) is 9.18 Å². The van der Waals surface area contributed by atoms with Gasteiger partial charge in [0.1, 0.15) is 5.82 Å². The van der Waals surface area contributed by atoms with Gasteiger partial charge in [-0.05, 0) is 92.4 Å². The third-order valence-electron chi connectivity index (χ3n) is 5.30. The third kappa shape index (κ3) is 5.67. The molecule has 0 radical (unpaired) electrons. The van der Waals surface area contributed by atoms with Gasteiger partial charge in [0.2, 0.25) is 0 Å². The summed E-state index contributed by atoms with van der Waals surface area (Å²) in [6, 6.07) is 13.2. The van der Waals surface area contributed by atoms with Crippen molar-refractivity contribution in [2.24, 2.45) is 0 Å². The number of pyridine rings is 1. The van der Waals surface area contributed by atoms with Crippen LogP contribution in [0, 0.1) is 12.7 Å². The van der Waals surface area contributed by atoms with E-state index in [4.69, 9.17) is 0 Å². The number of carbonyl (C=O) groups excluding carboxylic acids is 1. The Morgan fingerprint density at radius 1 is 1.09 bits per heavy atom. The van der Waals surface area contributed by atoms with Gasteiger partial charge in [0.05, 0.1) is 9.90 Å². The van der Waals surface area contributed by atoms with E-state index < -0.39 is 11.8 Å². The lowest BCUT2D eigenvalue weighted by Crippen LogP contribution is -2.23. The Kier molecular flexibility index (Phi) is 7.44. The number of aryl methyl sites for hydroxylation is 1. The van der Waals surface area contributed by atoms with Gasteiger partial charge in [0, 0.05) is 41.4 Å². The van der Waals surface area contributed by atoms with Gasteiger partial charge in [-0.1, -0.05) is 0 Å². The number of carbonyl (C=O) groups is 1. The van der Waals surface area contributed by atoms with Crippen LogP contribution in [0.4, 0.5) is 20.6 Å². The standard InChI is InChI=1S/C25H26FN5O2S2/c1-15-5-10-23(34-15)35-29-25(33)28-18-7-9-22(21(26)12-18)31-14-16(13-30(3)4)20-11-17(27-2)6-8-19(20)24(31)32/h5-12,14,27H,13H2,1-4H3,(H2,28,29,33). The Morgan fingerprint density at radius 2 is 1.86 bits per heavy atom. The van der Waals surface area contributed by atoms with E-state index >= 15 is 4.39 Å². The second-order valence-corrected chi connectivity index (χ2v) is 10.7. The summed E-state index contributed by atoms with van der Waals surface area (Å²) >= 11 is 2.76. The molecular formula is C25H26FN5O2S2. The van der Waals surface area contributed by atoms with Crippen LogP contribution in [0.2, 0.25) is 0 Å². The Bertz CT molecular complexity index is 1450. The molecule has 2 amide bonds. The fourth-order valence-corrected chi connectivity index (χ4v) is 5.37. The van der Waals surface area contributed by atoms with Crippen molar-refractivity contribution in [2.45, 2.75) is 17.7 Å². The Morgan fingerprint density at radius 3 is 2.51 bits per heavy atom. The van der Waals surface area contributed by atoms with Gasteiger partial charge in [0.25, 0.3) is 5.56 Å². The van der Waals surface area contributed by atoms with Crippen molar-refractivity contribution in [1.29, 1.82) is 0 Å². The molecule has 3 N–H and O–H groups in total. The van der Waals surface area contributed by atoms with Crippen LogP contribution in [0.3, 0.4) is 0 Å². The minimum Gasteiger partial charge on any atom is -0.388 e. The van der Waals surface area contributed by atoms with E-state index in [0.717, 1.165) is 25.7 Å². The van der Waals surface area contributed by atoms with Gasteiger partial charge < -0.3 is 15.5 Å². The van der Waals surface area contributed by atoms with Crippen molar-refractivity contribution in [3.05, 3.63) is 81.3 Å². The number of aromatic nitrogens is 1. The first-order valence-corrected chi connectivity index (χ1v) is 12.5. The molecule has 0 saturated carbocycles. The number of anilines is 2. The zero-order chi connectivity index (χ0) is 25.1. The third-order valence-corrected chi connectivity index (χ3v) is 7.22. The number of fused-ring (bicyclic) bond motifs is 1. The maximum atomic E-state index is 15.2. The number of benzene rings is 2. The Balaban J connectivity index is 1.62. The summed E-state index contributed by atoms with van der Waals surface area (Å²) in [6.45, 7) is 2.57. The molecule has 4 rings (SSSR count). The van der Waals surface area contributed by atoms with Crippen molar-refractivity contribution in [3.63, 3.8) is 0 Å². The van der Waals surface area contributed by atoms with Crippen LogP contribution in [-0.4, -0.2) is 36.6 Å². The number of hydrogen-bond donors (Lipinski definition) is 3. The van der Waals surface area contributed by atoms with Crippen LogP contribution in [-0.2, 0) is 6.54 Å².